The van der Waals surface area contributed by atoms with E-state index >= 15 is 0 Å². The lowest BCUT2D eigenvalue weighted by molar-refractivity contribution is 0.295. The van der Waals surface area contributed by atoms with Gasteiger partial charge in [-0.1, -0.05) is 27.7 Å². The van der Waals surface area contributed by atoms with Gasteiger partial charge in [0.15, 0.2) is 11.5 Å². The van der Waals surface area contributed by atoms with Crippen molar-refractivity contribution in [3.05, 3.63) is 23.3 Å². The van der Waals surface area contributed by atoms with Gasteiger partial charge < -0.3 is 9.47 Å². The largest absolute Gasteiger partial charge is 0.493 e. The van der Waals surface area contributed by atoms with Crippen LogP contribution in [0.1, 0.15) is 57.0 Å². The molecular weight excluding hydrogens is 284 g/mol. The average molecular weight is 313 g/mol. The highest BCUT2D eigenvalue weighted by Crippen LogP contribution is 2.39. The molecule has 1 rings (SSSR count). The molecule has 0 saturated carbocycles. The molecule has 0 radical (unpaired) electrons. The van der Waals surface area contributed by atoms with Crippen LogP contribution in [0.4, 0.5) is 0 Å². The van der Waals surface area contributed by atoms with E-state index in [0.29, 0.717) is 11.3 Å². The summed E-state index contributed by atoms with van der Waals surface area (Å²) in [6.07, 6.45) is 2.14. The Bertz CT molecular complexity index is 463. The summed E-state index contributed by atoms with van der Waals surface area (Å²) in [6.45, 7) is 11.2. The van der Waals surface area contributed by atoms with Crippen LogP contribution in [0.15, 0.2) is 12.1 Å². The predicted molar refractivity (Wildman–Crippen MR) is 90.7 cm³/mol. The Hall–Kier alpha value is -0.890. The molecule has 0 aromatic heterocycles. The van der Waals surface area contributed by atoms with E-state index in [9.17, 15) is 0 Å². The van der Waals surface area contributed by atoms with Gasteiger partial charge in [0.25, 0.3) is 0 Å². The molecule has 0 spiro atoms. The van der Waals surface area contributed by atoms with Crippen LogP contribution < -0.4 is 9.47 Å². The third-order valence-electron chi connectivity index (χ3n) is 3.68. The minimum absolute atomic E-state index is 0.00200. The first-order chi connectivity index (χ1) is 9.67. The van der Waals surface area contributed by atoms with Gasteiger partial charge in [0.1, 0.15) is 0 Å². The third kappa shape index (κ3) is 5.43. The number of benzene rings is 1. The zero-order chi connectivity index (χ0) is 16.2. The maximum absolute atomic E-state index is 6.66. The van der Waals surface area contributed by atoms with Crippen LogP contribution in [0.2, 0.25) is 0 Å². The van der Waals surface area contributed by atoms with Crippen molar-refractivity contribution in [2.24, 2.45) is 11.3 Å². The molecule has 0 fully saturated rings. The summed E-state index contributed by atoms with van der Waals surface area (Å²) in [5.74, 6) is 2.08. The summed E-state index contributed by atoms with van der Waals surface area (Å²) in [7, 11) is 3.31. The summed E-state index contributed by atoms with van der Waals surface area (Å²) < 4.78 is 10.7. The Morgan fingerprint density at radius 3 is 2.10 bits per heavy atom. The van der Waals surface area contributed by atoms with Crippen LogP contribution in [0.3, 0.4) is 0 Å². The van der Waals surface area contributed by atoms with Crippen molar-refractivity contribution in [2.45, 2.75) is 52.8 Å². The minimum atomic E-state index is 0.00200. The number of hydrogen-bond donors (Lipinski definition) is 0. The maximum atomic E-state index is 6.66. The minimum Gasteiger partial charge on any atom is -0.493 e. The summed E-state index contributed by atoms with van der Waals surface area (Å²) in [5, 5.41) is 0.00200. The fourth-order valence-electron chi connectivity index (χ4n) is 2.94. The lowest BCUT2D eigenvalue weighted by atomic mass is 9.83. The van der Waals surface area contributed by atoms with E-state index in [0.717, 1.165) is 29.0 Å². The molecule has 0 aliphatic carbocycles. The van der Waals surface area contributed by atoms with Crippen molar-refractivity contribution in [3.8, 4) is 11.5 Å². The third-order valence-corrected chi connectivity index (χ3v) is 4.09. The molecule has 1 aromatic carbocycles. The van der Waals surface area contributed by atoms with E-state index < -0.39 is 0 Å². The zero-order valence-corrected chi connectivity index (χ0v) is 15.2. The monoisotopic (exact) mass is 312 g/mol. The first kappa shape index (κ1) is 18.2. The number of halogens is 1. The summed E-state index contributed by atoms with van der Waals surface area (Å²) >= 11 is 6.66. The molecule has 0 bridgehead atoms. The fraction of sp³-hybridized carbons (Fsp3) is 0.667. The first-order valence-corrected chi connectivity index (χ1v) is 7.98. The van der Waals surface area contributed by atoms with Gasteiger partial charge in [-0.15, -0.1) is 11.6 Å². The number of rotatable bonds is 6. The van der Waals surface area contributed by atoms with Crippen molar-refractivity contribution >= 4 is 11.6 Å². The SMILES string of the molecule is COc1cc(C)c(C(Cl)CC(C)CC(C)(C)C)cc1OC. The summed E-state index contributed by atoms with van der Waals surface area (Å²) in [6, 6.07) is 4.01. The van der Waals surface area contributed by atoms with Crippen LogP contribution in [0, 0.1) is 18.3 Å². The van der Waals surface area contributed by atoms with E-state index in [2.05, 4.69) is 34.6 Å². The van der Waals surface area contributed by atoms with Crippen molar-refractivity contribution in [3.63, 3.8) is 0 Å². The molecule has 2 atom stereocenters. The molecule has 0 aliphatic rings. The molecule has 21 heavy (non-hydrogen) atoms. The van der Waals surface area contributed by atoms with Gasteiger partial charge in [-0.2, -0.15) is 0 Å². The van der Waals surface area contributed by atoms with Gasteiger partial charge >= 0.3 is 0 Å². The quantitative estimate of drug-likeness (QED) is 0.622. The predicted octanol–water partition coefficient (Wildman–Crippen LogP) is 5.75. The lowest BCUT2D eigenvalue weighted by Gasteiger charge is -2.25. The first-order valence-electron chi connectivity index (χ1n) is 7.54. The topological polar surface area (TPSA) is 18.5 Å². The molecule has 120 valence electrons. The van der Waals surface area contributed by atoms with Crippen LogP contribution in [-0.4, -0.2) is 14.2 Å². The van der Waals surface area contributed by atoms with Gasteiger partial charge in [-0.3, -0.25) is 0 Å². The Morgan fingerprint density at radius 1 is 1.10 bits per heavy atom. The summed E-state index contributed by atoms with van der Waals surface area (Å²) in [5.41, 5.74) is 2.62. The van der Waals surface area contributed by atoms with Gasteiger partial charge in [0.05, 0.1) is 19.6 Å². The Morgan fingerprint density at radius 2 is 1.62 bits per heavy atom. The summed E-state index contributed by atoms with van der Waals surface area (Å²) in [4.78, 5) is 0. The van der Waals surface area contributed by atoms with Crippen molar-refractivity contribution in [2.75, 3.05) is 14.2 Å². The average Bonchev–Trinajstić information content (AvgIpc) is 2.35. The molecular formula is C18H29ClO2. The molecule has 2 nitrogen and oxygen atoms in total. The van der Waals surface area contributed by atoms with E-state index in [1.165, 1.54) is 6.42 Å². The Labute approximate surface area is 134 Å². The highest BCUT2D eigenvalue weighted by molar-refractivity contribution is 6.20. The van der Waals surface area contributed by atoms with E-state index in [4.69, 9.17) is 21.1 Å². The number of ether oxygens (including phenoxy) is 2. The zero-order valence-electron chi connectivity index (χ0n) is 14.4. The molecule has 0 heterocycles. The second-order valence-corrected chi connectivity index (χ2v) is 7.66. The van der Waals surface area contributed by atoms with Gasteiger partial charge in [0.2, 0.25) is 0 Å². The normalized spacial score (nSPS) is 14.7. The van der Waals surface area contributed by atoms with Crippen molar-refractivity contribution < 1.29 is 9.47 Å². The second kappa shape index (κ2) is 7.40. The van der Waals surface area contributed by atoms with Crippen molar-refractivity contribution in [1.29, 1.82) is 0 Å². The smallest absolute Gasteiger partial charge is 0.161 e. The van der Waals surface area contributed by atoms with Gasteiger partial charge in [-0.05, 0) is 54.4 Å². The van der Waals surface area contributed by atoms with Crippen LogP contribution >= 0.6 is 11.6 Å². The molecule has 0 amide bonds. The van der Waals surface area contributed by atoms with Gasteiger partial charge in [0, 0.05) is 0 Å². The standard InChI is InChI=1S/C18H29ClO2/c1-12(11-18(3,4)5)8-15(19)14-10-17(21-7)16(20-6)9-13(14)2/h9-10,12,15H,8,11H2,1-7H3. The number of methoxy groups -OCH3 is 2. The molecule has 0 N–H and O–H groups in total. The molecule has 2 unspecified atom stereocenters. The van der Waals surface area contributed by atoms with E-state index in [1.807, 2.05) is 12.1 Å². The van der Waals surface area contributed by atoms with Gasteiger partial charge in [-0.25, -0.2) is 0 Å². The lowest BCUT2D eigenvalue weighted by Crippen LogP contribution is -2.12. The number of hydrogen-bond acceptors (Lipinski definition) is 2. The second-order valence-electron chi connectivity index (χ2n) is 7.14. The van der Waals surface area contributed by atoms with Crippen LogP contribution in [0.5, 0.6) is 11.5 Å². The fourth-order valence-corrected chi connectivity index (χ4v) is 3.48. The molecule has 0 aliphatic heterocycles. The molecule has 0 saturated heterocycles. The van der Waals surface area contributed by atoms with Crippen LogP contribution in [0.25, 0.3) is 0 Å². The van der Waals surface area contributed by atoms with E-state index in [1.54, 1.807) is 14.2 Å². The maximum Gasteiger partial charge on any atom is 0.161 e. The van der Waals surface area contributed by atoms with E-state index in [-0.39, 0.29) is 5.38 Å². The number of aryl methyl sites for hydroxylation is 1. The molecule has 3 heteroatoms. The van der Waals surface area contributed by atoms with Crippen LogP contribution in [-0.2, 0) is 0 Å². The molecule has 1 aromatic rings. The Balaban J connectivity index is 2.89. The Kier molecular flexibility index (Phi) is 6.40. The highest BCUT2D eigenvalue weighted by Gasteiger charge is 2.21. The highest BCUT2D eigenvalue weighted by atomic mass is 35.5. The van der Waals surface area contributed by atoms with Crippen molar-refractivity contribution in [1.82, 2.24) is 0 Å². The number of alkyl halides is 1.